The van der Waals surface area contributed by atoms with E-state index in [1.54, 1.807) is 17.4 Å². The second-order valence-corrected chi connectivity index (χ2v) is 5.95. The molecule has 6 heteroatoms. The molecule has 94 valence electrons. The maximum absolute atomic E-state index is 5.97. The summed E-state index contributed by atoms with van der Waals surface area (Å²) in [6, 6.07) is 5.42. The molecule has 1 heterocycles. The summed E-state index contributed by atoms with van der Waals surface area (Å²) in [4.78, 5) is 5.72. The van der Waals surface area contributed by atoms with Crippen molar-refractivity contribution in [3.8, 4) is 0 Å². The normalized spacial score (nSPS) is 10.3. The van der Waals surface area contributed by atoms with Gasteiger partial charge in [-0.05, 0) is 25.1 Å². The minimum atomic E-state index is 0.356. The summed E-state index contributed by atoms with van der Waals surface area (Å²) in [5.41, 5.74) is 7.33. The first-order valence-electron chi connectivity index (χ1n) is 5.31. The molecule has 0 unspecified atom stereocenters. The van der Waals surface area contributed by atoms with Gasteiger partial charge in [-0.2, -0.15) is 0 Å². The number of nitrogens with two attached hydrogens (primary N) is 1. The molecule has 0 radical (unpaired) electrons. The number of aromatic nitrogens is 1. The van der Waals surface area contributed by atoms with Gasteiger partial charge in [0.15, 0.2) is 0 Å². The van der Waals surface area contributed by atoms with Crippen molar-refractivity contribution in [2.45, 2.75) is 13.5 Å². The fraction of sp³-hybridized carbons (Fsp3) is 0.167. The molecule has 1 aromatic carbocycles. The van der Waals surface area contributed by atoms with Crippen molar-refractivity contribution in [2.24, 2.45) is 5.73 Å². The monoisotopic (exact) mass is 297 g/mol. The summed E-state index contributed by atoms with van der Waals surface area (Å²) in [7, 11) is 0. The van der Waals surface area contributed by atoms with Gasteiger partial charge in [-0.25, -0.2) is 4.98 Å². The minimum absolute atomic E-state index is 0.356. The molecular formula is C12H12ClN3S2. The number of anilines is 1. The van der Waals surface area contributed by atoms with E-state index in [4.69, 9.17) is 29.6 Å². The molecule has 0 saturated carbocycles. The van der Waals surface area contributed by atoms with Gasteiger partial charge < -0.3 is 11.1 Å². The Kier molecular flexibility index (Phi) is 4.16. The zero-order valence-corrected chi connectivity index (χ0v) is 12.1. The van der Waals surface area contributed by atoms with Gasteiger partial charge in [0.05, 0.1) is 11.6 Å². The van der Waals surface area contributed by atoms with E-state index >= 15 is 0 Å². The quantitative estimate of drug-likeness (QED) is 0.850. The van der Waals surface area contributed by atoms with E-state index in [0.29, 0.717) is 16.6 Å². The first-order chi connectivity index (χ1) is 8.56. The predicted molar refractivity (Wildman–Crippen MR) is 81.5 cm³/mol. The number of thiazole rings is 1. The third kappa shape index (κ3) is 3.19. The van der Waals surface area contributed by atoms with Crippen LogP contribution in [0, 0.1) is 6.92 Å². The highest BCUT2D eigenvalue weighted by Gasteiger charge is 2.06. The van der Waals surface area contributed by atoms with Crippen molar-refractivity contribution in [3.05, 3.63) is 44.9 Å². The lowest BCUT2D eigenvalue weighted by atomic mass is 10.2. The van der Waals surface area contributed by atoms with Gasteiger partial charge in [0.1, 0.15) is 4.99 Å². The maximum atomic E-state index is 5.97. The Hall–Kier alpha value is -1.17. The van der Waals surface area contributed by atoms with Crippen LogP contribution in [-0.2, 0) is 6.54 Å². The predicted octanol–water partition coefficient (Wildman–Crippen LogP) is 3.35. The Balaban J connectivity index is 2.17. The van der Waals surface area contributed by atoms with Gasteiger partial charge in [0.25, 0.3) is 0 Å². The Morgan fingerprint density at radius 1 is 1.56 bits per heavy atom. The highest BCUT2D eigenvalue weighted by molar-refractivity contribution is 7.80. The van der Waals surface area contributed by atoms with Crippen LogP contribution >= 0.6 is 35.2 Å². The van der Waals surface area contributed by atoms with Crippen LogP contribution in [0.2, 0.25) is 5.02 Å². The van der Waals surface area contributed by atoms with Crippen molar-refractivity contribution in [1.82, 2.24) is 4.98 Å². The number of thiocarbonyl (C=S) groups is 1. The SMILES string of the molecule is Cc1ncc(CNc2cc(Cl)ccc2C(N)=S)s1. The lowest BCUT2D eigenvalue weighted by molar-refractivity contribution is 1.17. The van der Waals surface area contributed by atoms with Crippen molar-refractivity contribution in [2.75, 3.05) is 5.32 Å². The average molecular weight is 298 g/mol. The summed E-state index contributed by atoms with van der Waals surface area (Å²) < 4.78 is 0. The molecule has 3 N–H and O–H groups in total. The molecule has 0 atom stereocenters. The number of halogens is 1. The zero-order chi connectivity index (χ0) is 13.1. The van der Waals surface area contributed by atoms with E-state index in [1.807, 2.05) is 25.3 Å². The molecule has 0 spiro atoms. The van der Waals surface area contributed by atoms with Gasteiger partial charge in [0.2, 0.25) is 0 Å². The van der Waals surface area contributed by atoms with Gasteiger partial charge >= 0.3 is 0 Å². The topological polar surface area (TPSA) is 50.9 Å². The molecule has 0 aliphatic rings. The van der Waals surface area contributed by atoms with E-state index in [-0.39, 0.29) is 0 Å². The Morgan fingerprint density at radius 3 is 2.94 bits per heavy atom. The van der Waals surface area contributed by atoms with Gasteiger partial charge in [-0.3, -0.25) is 0 Å². The highest BCUT2D eigenvalue weighted by atomic mass is 35.5. The Bertz CT molecular complexity index is 580. The molecule has 0 bridgehead atoms. The Morgan fingerprint density at radius 2 is 2.33 bits per heavy atom. The molecule has 0 amide bonds. The first kappa shape index (κ1) is 13.3. The number of aryl methyl sites for hydroxylation is 1. The molecule has 0 aliphatic carbocycles. The fourth-order valence-corrected chi connectivity index (χ4v) is 2.63. The number of benzene rings is 1. The second-order valence-electron chi connectivity index (χ2n) is 3.75. The minimum Gasteiger partial charge on any atom is -0.389 e. The number of hydrogen-bond acceptors (Lipinski definition) is 4. The van der Waals surface area contributed by atoms with E-state index in [2.05, 4.69) is 10.3 Å². The van der Waals surface area contributed by atoms with Gasteiger partial charge in [-0.15, -0.1) is 11.3 Å². The smallest absolute Gasteiger partial charge is 0.106 e. The molecule has 18 heavy (non-hydrogen) atoms. The van der Waals surface area contributed by atoms with E-state index < -0.39 is 0 Å². The summed E-state index contributed by atoms with van der Waals surface area (Å²) in [5, 5.41) is 4.98. The van der Waals surface area contributed by atoms with Crippen LogP contribution in [0.3, 0.4) is 0 Å². The van der Waals surface area contributed by atoms with Crippen LogP contribution in [0.25, 0.3) is 0 Å². The number of nitrogens with zero attached hydrogens (tertiary/aromatic N) is 1. The van der Waals surface area contributed by atoms with Gasteiger partial charge in [-0.1, -0.05) is 23.8 Å². The highest BCUT2D eigenvalue weighted by Crippen LogP contribution is 2.22. The molecule has 2 aromatic rings. The largest absolute Gasteiger partial charge is 0.389 e. The van der Waals surface area contributed by atoms with Crippen LogP contribution in [-0.4, -0.2) is 9.97 Å². The molecule has 1 aromatic heterocycles. The standard InChI is InChI=1S/C12H12ClN3S2/c1-7-15-5-9(18-7)6-16-11-4-8(13)2-3-10(11)12(14)17/h2-5,16H,6H2,1H3,(H2,14,17). The lowest BCUT2D eigenvalue weighted by Crippen LogP contribution is -2.13. The molecule has 0 fully saturated rings. The molecule has 2 rings (SSSR count). The molecule has 0 saturated heterocycles. The maximum Gasteiger partial charge on any atom is 0.106 e. The summed E-state index contributed by atoms with van der Waals surface area (Å²) in [6.07, 6.45) is 1.86. The van der Waals surface area contributed by atoms with Crippen LogP contribution in [0.4, 0.5) is 5.69 Å². The van der Waals surface area contributed by atoms with Crippen LogP contribution < -0.4 is 11.1 Å². The number of hydrogen-bond donors (Lipinski definition) is 2. The summed E-state index contributed by atoms with van der Waals surface area (Å²) in [6.45, 7) is 2.66. The second kappa shape index (κ2) is 5.65. The van der Waals surface area contributed by atoms with Crippen LogP contribution in [0.1, 0.15) is 15.4 Å². The lowest BCUT2D eigenvalue weighted by Gasteiger charge is -2.10. The van der Waals surface area contributed by atoms with Crippen LogP contribution in [0.15, 0.2) is 24.4 Å². The number of nitrogens with one attached hydrogen (secondary N) is 1. The van der Waals surface area contributed by atoms with Crippen molar-refractivity contribution >= 4 is 45.8 Å². The number of rotatable bonds is 4. The van der Waals surface area contributed by atoms with Crippen molar-refractivity contribution in [1.29, 1.82) is 0 Å². The van der Waals surface area contributed by atoms with E-state index in [9.17, 15) is 0 Å². The van der Waals surface area contributed by atoms with Crippen molar-refractivity contribution < 1.29 is 0 Å². The third-order valence-corrected chi connectivity index (χ3v) is 3.74. The fourth-order valence-electron chi connectivity index (χ4n) is 1.55. The first-order valence-corrected chi connectivity index (χ1v) is 6.91. The molecular weight excluding hydrogens is 286 g/mol. The molecule has 3 nitrogen and oxygen atoms in total. The van der Waals surface area contributed by atoms with Gasteiger partial charge in [0, 0.05) is 27.3 Å². The van der Waals surface area contributed by atoms with E-state index in [1.165, 1.54) is 0 Å². The third-order valence-electron chi connectivity index (χ3n) is 2.37. The van der Waals surface area contributed by atoms with Crippen molar-refractivity contribution in [3.63, 3.8) is 0 Å². The molecule has 0 aliphatic heterocycles. The average Bonchev–Trinajstić information content (AvgIpc) is 2.72. The zero-order valence-electron chi connectivity index (χ0n) is 9.74. The summed E-state index contributed by atoms with van der Waals surface area (Å²) >= 11 is 12.6. The van der Waals surface area contributed by atoms with E-state index in [0.717, 1.165) is 21.1 Å². The Labute approximate surface area is 120 Å². The van der Waals surface area contributed by atoms with Crippen LogP contribution in [0.5, 0.6) is 0 Å². The summed E-state index contributed by atoms with van der Waals surface area (Å²) in [5.74, 6) is 0.